The Morgan fingerprint density at radius 3 is 1.59 bits per heavy atom. The lowest BCUT2D eigenvalue weighted by molar-refractivity contribution is -0.0540. The van der Waals surface area contributed by atoms with Crippen molar-refractivity contribution in [2.45, 2.75) is 61.7 Å². The van der Waals surface area contributed by atoms with Crippen molar-refractivity contribution in [3.8, 4) is 0 Å². The summed E-state index contributed by atoms with van der Waals surface area (Å²) < 4.78 is 10.8. The van der Waals surface area contributed by atoms with Crippen LogP contribution in [0.2, 0.25) is 0 Å². The van der Waals surface area contributed by atoms with Crippen LogP contribution in [0.5, 0.6) is 0 Å². The lowest BCUT2D eigenvalue weighted by atomic mass is 10.1. The summed E-state index contributed by atoms with van der Waals surface area (Å²) in [5.74, 6) is 0. The number of likely N-dealkylation sites (N-methyl/N-ethyl adjacent to an activating group) is 2. The predicted molar refractivity (Wildman–Crippen MR) is 87.4 cm³/mol. The summed E-state index contributed by atoms with van der Waals surface area (Å²) in [6.07, 6.45) is 3.07. The molecule has 0 bridgehead atoms. The summed E-state index contributed by atoms with van der Waals surface area (Å²) in [5.41, 5.74) is 0. The fourth-order valence-electron chi connectivity index (χ4n) is 3.61. The van der Waals surface area contributed by atoms with Gasteiger partial charge < -0.3 is 9.47 Å². The largest absolute Gasteiger partial charge is 0.511 e. The monoisotopic (exact) mass is 352 g/mol. The molecule has 2 unspecified atom stereocenters. The smallest absolute Gasteiger partial charge is 0.410 e. The van der Waals surface area contributed by atoms with Crippen LogP contribution in [-0.4, -0.2) is 65.3 Å². The summed E-state index contributed by atoms with van der Waals surface area (Å²) in [7, 11) is 3.96. The van der Waals surface area contributed by atoms with Crippen LogP contribution in [0, 0.1) is 0 Å². The van der Waals surface area contributed by atoms with E-state index >= 15 is 0 Å². The molecule has 0 aliphatic carbocycles. The number of likely N-dealkylation sites (tertiary alicyclic amines) is 2. The number of carbonyl (C=O) groups is 1. The Bertz CT molecular complexity index is 382. The van der Waals surface area contributed by atoms with Gasteiger partial charge in [0, 0.05) is 0 Å². The molecule has 4 atom stereocenters. The number of ether oxygens (including phenoxy) is 2. The van der Waals surface area contributed by atoms with E-state index in [9.17, 15) is 4.79 Å². The fourth-order valence-corrected chi connectivity index (χ4v) is 4.28. The Balaban J connectivity index is 1.94. The van der Waals surface area contributed by atoms with Crippen molar-refractivity contribution in [3.63, 3.8) is 0 Å². The van der Waals surface area contributed by atoms with Gasteiger partial charge in [0.25, 0.3) is 0 Å². The minimum Gasteiger partial charge on any atom is -0.410 e. The molecule has 0 N–H and O–H groups in total. The first kappa shape index (κ1) is 18.1. The van der Waals surface area contributed by atoms with E-state index in [0.29, 0.717) is 0 Å². The minimum absolute atomic E-state index is 0.0162. The Kier molecular flexibility index (Phi) is 5.53. The molecule has 2 fully saturated rings. The van der Waals surface area contributed by atoms with Gasteiger partial charge in [-0.25, -0.2) is 4.79 Å². The SMILES string of the molecule is CN1CCCC1[C@@](C)(Cl)OC(=O)O[C@](C)(Cl)C1CCCN1C. The zero-order valence-corrected chi connectivity index (χ0v) is 15.3. The first-order valence-corrected chi connectivity index (χ1v) is 8.59. The lowest BCUT2D eigenvalue weighted by Crippen LogP contribution is -2.48. The minimum atomic E-state index is -1.11. The van der Waals surface area contributed by atoms with Gasteiger partial charge in [-0.15, -0.1) is 0 Å². The number of rotatable bonds is 4. The second-order valence-corrected chi connectivity index (χ2v) is 8.20. The van der Waals surface area contributed by atoms with Gasteiger partial charge in [-0.3, -0.25) is 9.80 Å². The summed E-state index contributed by atoms with van der Waals surface area (Å²) in [6, 6.07) is -0.0325. The Morgan fingerprint density at radius 2 is 1.32 bits per heavy atom. The van der Waals surface area contributed by atoms with Crippen molar-refractivity contribution in [2.75, 3.05) is 27.2 Å². The highest BCUT2D eigenvalue weighted by molar-refractivity contribution is 6.24. The molecule has 2 heterocycles. The first-order valence-electron chi connectivity index (χ1n) is 7.84. The molecule has 2 aliphatic rings. The normalized spacial score (nSPS) is 32.5. The Hall–Kier alpha value is -0.230. The molecule has 0 aromatic heterocycles. The van der Waals surface area contributed by atoms with Gasteiger partial charge in [0.15, 0.2) is 0 Å². The van der Waals surface area contributed by atoms with Gasteiger partial charge in [-0.1, -0.05) is 23.2 Å². The van der Waals surface area contributed by atoms with E-state index in [2.05, 4.69) is 9.80 Å². The van der Waals surface area contributed by atoms with Crippen LogP contribution in [0.25, 0.3) is 0 Å². The van der Waals surface area contributed by atoms with Crippen molar-refractivity contribution in [2.24, 2.45) is 0 Å². The maximum absolute atomic E-state index is 12.2. The van der Waals surface area contributed by atoms with Crippen molar-refractivity contribution >= 4 is 29.4 Å². The van der Waals surface area contributed by atoms with Crippen LogP contribution in [0.1, 0.15) is 39.5 Å². The van der Waals surface area contributed by atoms with Crippen molar-refractivity contribution in [1.29, 1.82) is 0 Å². The quantitative estimate of drug-likeness (QED) is 0.573. The summed E-state index contributed by atoms with van der Waals surface area (Å²) in [5, 5.41) is -2.23. The van der Waals surface area contributed by atoms with E-state index in [4.69, 9.17) is 32.7 Å². The molecule has 22 heavy (non-hydrogen) atoms. The third-order valence-electron chi connectivity index (χ3n) is 4.80. The zero-order valence-electron chi connectivity index (χ0n) is 13.8. The maximum atomic E-state index is 12.2. The molecule has 5 nitrogen and oxygen atoms in total. The molecule has 0 radical (unpaired) electrons. The van der Waals surface area contributed by atoms with Crippen LogP contribution in [0.4, 0.5) is 4.79 Å². The van der Waals surface area contributed by atoms with Gasteiger partial charge in [0.1, 0.15) is 0 Å². The molecule has 0 spiro atoms. The lowest BCUT2D eigenvalue weighted by Gasteiger charge is -2.36. The second-order valence-electron chi connectivity index (χ2n) is 6.70. The average Bonchev–Trinajstić information content (AvgIpc) is 2.96. The van der Waals surface area contributed by atoms with Gasteiger partial charge in [-0.2, -0.15) is 0 Å². The average molecular weight is 353 g/mol. The molecular weight excluding hydrogens is 327 g/mol. The van der Waals surface area contributed by atoms with Gasteiger partial charge in [0.05, 0.1) is 12.1 Å². The van der Waals surface area contributed by atoms with Crippen LogP contribution in [-0.2, 0) is 9.47 Å². The van der Waals surface area contributed by atoms with Crippen LogP contribution in [0.3, 0.4) is 0 Å². The molecule has 2 aliphatic heterocycles. The van der Waals surface area contributed by atoms with Gasteiger partial charge in [0.2, 0.25) is 10.1 Å². The van der Waals surface area contributed by atoms with E-state index in [0.717, 1.165) is 38.8 Å². The van der Waals surface area contributed by atoms with Crippen molar-refractivity contribution in [3.05, 3.63) is 0 Å². The molecule has 128 valence electrons. The fraction of sp³-hybridized carbons (Fsp3) is 0.933. The number of alkyl halides is 2. The number of nitrogens with zero attached hydrogens (tertiary/aromatic N) is 2. The third-order valence-corrected chi connectivity index (χ3v) is 5.46. The van der Waals surface area contributed by atoms with Crippen LogP contribution < -0.4 is 0 Å². The standard InChI is InChI=1S/C15H26Cl2N2O3/c1-14(16,11-7-5-9-18(11)3)21-13(20)22-15(2,17)12-8-6-10-19(12)4/h11-12H,5-10H2,1-4H3/t11?,12?,14-,15-/m0/s1. The maximum Gasteiger partial charge on any atom is 0.511 e. The van der Waals surface area contributed by atoms with E-state index in [-0.39, 0.29) is 12.1 Å². The van der Waals surface area contributed by atoms with Crippen LogP contribution in [0.15, 0.2) is 0 Å². The predicted octanol–water partition coefficient (Wildman–Crippen LogP) is 3.24. The first-order chi connectivity index (χ1) is 10.1. The highest BCUT2D eigenvalue weighted by Gasteiger charge is 2.45. The molecule has 2 saturated heterocycles. The molecule has 2 rings (SSSR count). The highest BCUT2D eigenvalue weighted by atomic mass is 35.5. The number of carbonyl (C=O) groups excluding carboxylic acids is 1. The van der Waals surface area contributed by atoms with Crippen LogP contribution >= 0.6 is 23.2 Å². The molecule has 0 amide bonds. The molecule has 0 aromatic rings. The van der Waals surface area contributed by atoms with E-state index in [1.54, 1.807) is 13.8 Å². The number of hydrogen-bond acceptors (Lipinski definition) is 5. The second kappa shape index (κ2) is 6.71. The number of halogens is 2. The highest BCUT2D eigenvalue weighted by Crippen LogP contribution is 2.35. The Morgan fingerprint density at radius 1 is 0.955 bits per heavy atom. The van der Waals surface area contributed by atoms with E-state index in [1.165, 1.54) is 0 Å². The third kappa shape index (κ3) is 3.99. The molecule has 7 heteroatoms. The molecule has 0 aromatic carbocycles. The number of hydrogen-bond donors (Lipinski definition) is 0. The van der Waals surface area contributed by atoms with Crippen molar-refractivity contribution in [1.82, 2.24) is 9.80 Å². The Labute approximate surface area is 142 Å². The summed E-state index contributed by atoms with van der Waals surface area (Å²) in [4.78, 5) is 16.4. The van der Waals surface area contributed by atoms with Gasteiger partial charge in [-0.05, 0) is 66.7 Å². The zero-order chi connectivity index (χ0) is 16.5. The topological polar surface area (TPSA) is 42.0 Å². The van der Waals surface area contributed by atoms with E-state index < -0.39 is 16.3 Å². The van der Waals surface area contributed by atoms with Crippen molar-refractivity contribution < 1.29 is 14.3 Å². The molecular formula is C15H26Cl2N2O3. The summed E-state index contributed by atoms with van der Waals surface area (Å²) >= 11 is 12.9. The van der Waals surface area contributed by atoms with E-state index in [1.807, 2.05) is 14.1 Å². The molecule has 0 saturated carbocycles. The summed E-state index contributed by atoms with van der Waals surface area (Å²) in [6.45, 7) is 5.31. The van der Waals surface area contributed by atoms with Gasteiger partial charge >= 0.3 is 6.16 Å².